The van der Waals surface area contributed by atoms with Gasteiger partial charge < -0.3 is 19.7 Å². The molecule has 3 rings (SSSR count). The van der Waals surface area contributed by atoms with E-state index in [-0.39, 0.29) is 17.5 Å². The lowest BCUT2D eigenvalue weighted by Crippen LogP contribution is -2.39. The van der Waals surface area contributed by atoms with Crippen molar-refractivity contribution in [2.75, 3.05) is 29.9 Å². The SMILES string of the molecule is CCCCNc1ccc(-c2cnc(C)c([C@H](OC(C)(C)C)C(=O)OC(C)C)c2N2CCC(C)(C)CC2)cn1. The van der Waals surface area contributed by atoms with Gasteiger partial charge in [0.2, 0.25) is 0 Å². The van der Waals surface area contributed by atoms with Crippen LogP contribution >= 0.6 is 0 Å². The molecular weight excluding hydrogens is 476 g/mol. The van der Waals surface area contributed by atoms with Crippen LogP contribution in [0.4, 0.5) is 11.5 Å². The molecule has 1 N–H and O–H groups in total. The number of esters is 1. The lowest BCUT2D eigenvalue weighted by Gasteiger charge is -2.41. The Balaban J connectivity index is 2.15. The number of carbonyl (C=O) groups is 1. The molecule has 1 atom stereocenters. The average Bonchev–Trinajstić information content (AvgIpc) is 2.82. The number of hydrogen-bond donors (Lipinski definition) is 1. The number of nitrogens with one attached hydrogen (secondary N) is 1. The molecular formula is C31H48N4O3. The molecule has 2 aromatic rings. The largest absolute Gasteiger partial charge is 0.461 e. The van der Waals surface area contributed by atoms with Crippen molar-refractivity contribution in [1.29, 1.82) is 0 Å². The number of hydrogen-bond acceptors (Lipinski definition) is 7. The molecule has 0 aliphatic carbocycles. The quantitative estimate of drug-likeness (QED) is 0.262. The van der Waals surface area contributed by atoms with Crippen LogP contribution in [0.2, 0.25) is 0 Å². The molecule has 3 heterocycles. The number of ether oxygens (including phenoxy) is 2. The van der Waals surface area contributed by atoms with Crippen molar-refractivity contribution >= 4 is 17.5 Å². The summed E-state index contributed by atoms with van der Waals surface area (Å²) in [6.45, 7) is 21.1. The second-order valence-corrected chi connectivity index (χ2v) is 12.5. The normalized spacial score (nSPS) is 16.4. The predicted octanol–water partition coefficient (Wildman–Crippen LogP) is 7.10. The van der Waals surface area contributed by atoms with E-state index in [1.807, 2.05) is 60.0 Å². The van der Waals surface area contributed by atoms with Crippen LogP contribution in [0.25, 0.3) is 11.1 Å². The molecule has 0 amide bonds. The fourth-order valence-corrected chi connectivity index (χ4v) is 4.73. The summed E-state index contributed by atoms with van der Waals surface area (Å²) in [5, 5.41) is 3.39. The molecule has 210 valence electrons. The van der Waals surface area contributed by atoms with Gasteiger partial charge in [0.05, 0.1) is 17.4 Å². The number of rotatable bonds is 10. The molecule has 1 saturated heterocycles. The van der Waals surface area contributed by atoms with Crippen molar-refractivity contribution < 1.29 is 14.3 Å². The van der Waals surface area contributed by atoms with Crippen LogP contribution in [0.3, 0.4) is 0 Å². The van der Waals surface area contributed by atoms with E-state index >= 15 is 0 Å². The summed E-state index contributed by atoms with van der Waals surface area (Å²) >= 11 is 0. The molecule has 0 spiro atoms. The molecule has 1 aliphatic rings. The number of aromatic nitrogens is 2. The van der Waals surface area contributed by atoms with Gasteiger partial charge in [0.15, 0.2) is 6.10 Å². The van der Waals surface area contributed by atoms with Gasteiger partial charge in [-0.2, -0.15) is 0 Å². The zero-order valence-electron chi connectivity index (χ0n) is 25.0. The second kappa shape index (κ2) is 12.5. The van der Waals surface area contributed by atoms with E-state index in [0.717, 1.165) is 79.2 Å². The zero-order chi connectivity index (χ0) is 28.1. The summed E-state index contributed by atoms with van der Waals surface area (Å²) < 4.78 is 12.2. The van der Waals surface area contributed by atoms with Gasteiger partial charge in [-0.25, -0.2) is 9.78 Å². The average molecular weight is 525 g/mol. The highest BCUT2D eigenvalue weighted by atomic mass is 16.6. The summed E-state index contributed by atoms with van der Waals surface area (Å²) in [6, 6.07) is 4.10. The summed E-state index contributed by atoms with van der Waals surface area (Å²) in [5.41, 5.74) is 4.20. The van der Waals surface area contributed by atoms with E-state index in [2.05, 4.69) is 42.0 Å². The van der Waals surface area contributed by atoms with Crippen LogP contribution < -0.4 is 10.2 Å². The number of nitrogens with zero attached hydrogens (tertiary/aromatic N) is 3. The van der Waals surface area contributed by atoms with E-state index in [1.165, 1.54) is 0 Å². The van der Waals surface area contributed by atoms with Crippen LogP contribution in [0.1, 0.15) is 98.4 Å². The first-order chi connectivity index (χ1) is 17.8. The molecule has 7 nitrogen and oxygen atoms in total. The Labute approximate surface area is 229 Å². The van der Waals surface area contributed by atoms with Crippen molar-refractivity contribution in [2.45, 2.75) is 106 Å². The summed E-state index contributed by atoms with van der Waals surface area (Å²) in [7, 11) is 0. The Bertz CT molecular complexity index is 1060. The molecule has 2 aromatic heterocycles. The first-order valence-corrected chi connectivity index (χ1v) is 14.1. The molecule has 1 aliphatic heterocycles. The third kappa shape index (κ3) is 7.92. The number of pyridine rings is 2. The van der Waals surface area contributed by atoms with Crippen LogP contribution in [-0.2, 0) is 14.3 Å². The predicted molar refractivity (Wildman–Crippen MR) is 156 cm³/mol. The maximum atomic E-state index is 13.5. The lowest BCUT2D eigenvalue weighted by molar-refractivity contribution is -0.171. The topological polar surface area (TPSA) is 76.6 Å². The summed E-state index contributed by atoms with van der Waals surface area (Å²) in [6.07, 6.45) is 7.03. The Morgan fingerprint density at radius 2 is 1.82 bits per heavy atom. The molecule has 38 heavy (non-hydrogen) atoms. The highest BCUT2D eigenvalue weighted by Gasteiger charge is 2.37. The zero-order valence-corrected chi connectivity index (χ0v) is 25.0. The van der Waals surface area contributed by atoms with Crippen molar-refractivity contribution in [1.82, 2.24) is 9.97 Å². The smallest absolute Gasteiger partial charge is 0.340 e. The first-order valence-electron chi connectivity index (χ1n) is 14.1. The Hall–Kier alpha value is -2.67. The fraction of sp³-hybridized carbons (Fsp3) is 0.645. The third-order valence-corrected chi connectivity index (χ3v) is 6.93. The number of unbranched alkanes of at least 4 members (excludes halogenated alkanes) is 1. The van der Waals surface area contributed by atoms with Crippen LogP contribution in [0.5, 0.6) is 0 Å². The molecule has 1 fully saturated rings. The van der Waals surface area contributed by atoms with Gasteiger partial charge in [0, 0.05) is 54.4 Å². The summed E-state index contributed by atoms with van der Waals surface area (Å²) in [4.78, 5) is 25.4. The molecule has 0 radical (unpaired) electrons. The van der Waals surface area contributed by atoms with E-state index in [0.29, 0.717) is 0 Å². The Kier molecular flexibility index (Phi) is 9.80. The standard InChI is InChI=1S/C31H48N4O3/c1-10-11-16-32-25-13-12-23(19-34-25)24-20-33-22(4)26(27(24)35-17-14-31(8,9)15-18-35)28(38-30(5,6)7)29(36)37-21(2)3/h12-13,19-21,28H,10-11,14-18H2,1-9H3,(H,32,34)/t28-/m0/s1. The van der Waals surface area contributed by atoms with Crippen molar-refractivity contribution in [3.63, 3.8) is 0 Å². The van der Waals surface area contributed by atoms with E-state index in [9.17, 15) is 4.79 Å². The number of aryl methyl sites for hydroxylation is 1. The van der Waals surface area contributed by atoms with E-state index < -0.39 is 11.7 Å². The third-order valence-electron chi connectivity index (χ3n) is 6.93. The maximum Gasteiger partial charge on any atom is 0.340 e. The number of piperidine rings is 1. The van der Waals surface area contributed by atoms with Crippen LogP contribution in [0, 0.1) is 12.3 Å². The van der Waals surface area contributed by atoms with Crippen molar-refractivity contribution in [2.24, 2.45) is 5.41 Å². The Morgan fingerprint density at radius 1 is 1.13 bits per heavy atom. The summed E-state index contributed by atoms with van der Waals surface area (Å²) in [5.74, 6) is 0.474. The van der Waals surface area contributed by atoms with Gasteiger partial charge in [-0.1, -0.05) is 27.2 Å². The van der Waals surface area contributed by atoms with Crippen LogP contribution in [0.15, 0.2) is 24.5 Å². The lowest BCUT2D eigenvalue weighted by atomic mass is 9.82. The minimum absolute atomic E-state index is 0.249. The minimum Gasteiger partial charge on any atom is -0.461 e. The molecule has 0 aromatic carbocycles. The van der Waals surface area contributed by atoms with Gasteiger partial charge in [-0.05, 0) is 78.4 Å². The van der Waals surface area contributed by atoms with Gasteiger partial charge in [-0.3, -0.25) is 4.98 Å². The van der Waals surface area contributed by atoms with Gasteiger partial charge in [-0.15, -0.1) is 0 Å². The maximum absolute atomic E-state index is 13.5. The highest BCUT2D eigenvalue weighted by Crippen LogP contribution is 2.43. The van der Waals surface area contributed by atoms with Crippen molar-refractivity contribution in [3.05, 3.63) is 35.8 Å². The Morgan fingerprint density at radius 3 is 2.37 bits per heavy atom. The van der Waals surface area contributed by atoms with E-state index in [1.54, 1.807) is 0 Å². The number of carbonyl (C=O) groups excluding carboxylic acids is 1. The second-order valence-electron chi connectivity index (χ2n) is 12.5. The van der Waals surface area contributed by atoms with E-state index in [4.69, 9.17) is 14.5 Å². The minimum atomic E-state index is -0.891. The highest BCUT2D eigenvalue weighted by molar-refractivity contribution is 5.87. The van der Waals surface area contributed by atoms with Crippen LogP contribution in [-0.4, -0.2) is 47.3 Å². The molecule has 0 unspecified atom stereocenters. The monoisotopic (exact) mass is 524 g/mol. The van der Waals surface area contributed by atoms with Gasteiger partial charge in [0.25, 0.3) is 0 Å². The van der Waals surface area contributed by atoms with Crippen molar-refractivity contribution in [3.8, 4) is 11.1 Å². The first kappa shape index (κ1) is 29.9. The van der Waals surface area contributed by atoms with Gasteiger partial charge in [0.1, 0.15) is 5.82 Å². The molecule has 7 heteroatoms. The fourth-order valence-electron chi connectivity index (χ4n) is 4.73. The molecule has 0 bridgehead atoms. The number of anilines is 2. The molecule has 0 saturated carbocycles. The van der Waals surface area contributed by atoms with Gasteiger partial charge >= 0.3 is 5.97 Å².